The van der Waals surface area contributed by atoms with Crippen LogP contribution in [0.15, 0.2) is 66.7 Å². The van der Waals surface area contributed by atoms with Crippen LogP contribution in [0.4, 0.5) is 0 Å². The quantitative estimate of drug-likeness (QED) is 0.235. The molecule has 4 aromatic rings. The first-order chi connectivity index (χ1) is 17.0. The van der Waals surface area contributed by atoms with Crippen molar-refractivity contribution in [2.24, 2.45) is 0 Å². The number of hydrogen-bond acceptors (Lipinski definition) is 5. The fourth-order valence-corrected chi connectivity index (χ4v) is 5.45. The number of thiazole rings is 1. The molecule has 0 bridgehead atoms. The van der Waals surface area contributed by atoms with Crippen molar-refractivity contribution in [3.05, 3.63) is 87.9 Å². The Hall–Kier alpha value is -2.93. The van der Waals surface area contributed by atoms with Crippen molar-refractivity contribution >= 4 is 56.6 Å². The van der Waals surface area contributed by atoms with E-state index in [9.17, 15) is 9.59 Å². The van der Waals surface area contributed by atoms with E-state index in [2.05, 4.69) is 17.2 Å². The number of fused-ring (bicyclic) bond motifs is 1. The number of hydrogen-bond donors (Lipinski definition) is 1. The molecule has 1 heterocycles. The Morgan fingerprint density at radius 3 is 2.60 bits per heavy atom. The molecule has 35 heavy (non-hydrogen) atoms. The SMILES string of the molecule is CCC[C@@H](CNC(=O)COC(=O)c1ccccc1-c1nc2ccccc2s1)c1ccc(Cl)cc1Cl. The second-order valence-electron chi connectivity index (χ2n) is 8.06. The third-order valence-electron chi connectivity index (χ3n) is 5.59. The van der Waals surface area contributed by atoms with Gasteiger partial charge in [-0.25, -0.2) is 9.78 Å². The molecule has 4 rings (SSSR count). The summed E-state index contributed by atoms with van der Waals surface area (Å²) >= 11 is 13.9. The lowest BCUT2D eigenvalue weighted by atomic mass is 9.94. The lowest BCUT2D eigenvalue weighted by Crippen LogP contribution is -2.32. The molecule has 0 radical (unpaired) electrons. The number of aromatic nitrogens is 1. The normalized spacial score (nSPS) is 11.9. The van der Waals surface area contributed by atoms with Gasteiger partial charge < -0.3 is 10.1 Å². The number of carbonyl (C=O) groups excluding carboxylic acids is 2. The zero-order valence-electron chi connectivity index (χ0n) is 19.1. The minimum atomic E-state index is -0.569. The van der Waals surface area contributed by atoms with Crippen molar-refractivity contribution in [3.63, 3.8) is 0 Å². The molecule has 0 aliphatic heterocycles. The van der Waals surface area contributed by atoms with Crippen LogP contribution in [0.1, 0.15) is 41.6 Å². The van der Waals surface area contributed by atoms with E-state index in [1.165, 1.54) is 11.3 Å². The Kier molecular flexibility index (Phi) is 8.39. The van der Waals surface area contributed by atoms with Gasteiger partial charge in [-0.15, -0.1) is 11.3 Å². The number of esters is 1. The summed E-state index contributed by atoms with van der Waals surface area (Å²) in [6, 6.07) is 20.3. The number of rotatable bonds is 9. The van der Waals surface area contributed by atoms with Crippen LogP contribution in [0, 0.1) is 0 Å². The maximum absolute atomic E-state index is 12.8. The zero-order valence-corrected chi connectivity index (χ0v) is 21.4. The van der Waals surface area contributed by atoms with Crippen LogP contribution in [-0.2, 0) is 9.53 Å². The third-order valence-corrected chi connectivity index (χ3v) is 7.22. The van der Waals surface area contributed by atoms with Gasteiger partial charge in [-0.3, -0.25) is 4.79 Å². The van der Waals surface area contributed by atoms with Crippen LogP contribution >= 0.6 is 34.5 Å². The van der Waals surface area contributed by atoms with Gasteiger partial charge in [0.15, 0.2) is 6.61 Å². The van der Waals surface area contributed by atoms with Crippen LogP contribution in [0.3, 0.4) is 0 Å². The average Bonchev–Trinajstić information content (AvgIpc) is 3.29. The Labute approximate surface area is 218 Å². The number of halogens is 2. The molecule has 8 heteroatoms. The molecule has 180 valence electrons. The standard InChI is InChI=1S/C27H24Cl2N2O3S/c1-2-7-17(19-13-12-18(28)14-22(19)29)15-30-25(32)16-34-27(33)21-9-4-3-8-20(21)26-31-23-10-5-6-11-24(23)35-26/h3-6,8-14,17H,2,7,15-16H2,1H3,(H,30,32)/t17-/m0/s1. The number of nitrogens with zero attached hydrogens (tertiary/aromatic N) is 1. The van der Waals surface area contributed by atoms with Crippen LogP contribution < -0.4 is 5.32 Å². The van der Waals surface area contributed by atoms with Crippen LogP contribution in [0.5, 0.6) is 0 Å². The van der Waals surface area contributed by atoms with Gasteiger partial charge in [-0.2, -0.15) is 0 Å². The lowest BCUT2D eigenvalue weighted by molar-refractivity contribution is -0.124. The van der Waals surface area contributed by atoms with Gasteiger partial charge in [0, 0.05) is 28.1 Å². The molecule has 5 nitrogen and oxygen atoms in total. The van der Waals surface area contributed by atoms with Crippen molar-refractivity contribution < 1.29 is 14.3 Å². The van der Waals surface area contributed by atoms with E-state index in [-0.39, 0.29) is 18.4 Å². The molecule has 1 aromatic heterocycles. The van der Waals surface area contributed by atoms with Crippen molar-refractivity contribution in [2.45, 2.75) is 25.7 Å². The predicted molar refractivity (Wildman–Crippen MR) is 142 cm³/mol. The Morgan fingerprint density at radius 1 is 1.06 bits per heavy atom. The van der Waals surface area contributed by atoms with Gasteiger partial charge in [-0.1, -0.05) is 72.9 Å². The highest BCUT2D eigenvalue weighted by Gasteiger charge is 2.19. The topological polar surface area (TPSA) is 68.3 Å². The highest BCUT2D eigenvalue weighted by atomic mass is 35.5. The summed E-state index contributed by atoms with van der Waals surface area (Å²) in [6.07, 6.45) is 1.77. The molecule has 0 fully saturated rings. The second-order valence-corrected chi connectivity index (χ2v) is 9.94. The summed E-state index contributed by atoms with van der Waals surface area (Å²) in [5.74, 6) is -0.910. The van der Waals surface area contributed by atoms with E-state index < -0.39 is 5.97 Å². The largest absolute Gasteiger partial charge is 0.452 e. The maximum atomic E-state index is 12.8. The first kappa shape index (κ1) is 25.2. The molecule has 0 spiro atoms. The minimum Gasteiger partial charge on any atom is -0.452 e. The Balaban J connectivity index is 1.39. The summed E-state index contributed by atoms with van der Waals surface area (Å²) < 4.78 is 6.38. The number of benzene rings is 3. The zero-order chi connectivity index (χ0) is 24.8. The van der Waals surface area contributed by atoms with Crippen LogP contribution in [0.2, 0.25) is 10.0 Å². The summed E-state index contributed by atoms with van der Waals surface area (Å²) in [5, 5.41) is 4.73. The Morgan fingerprint density at radius 2 is 1.83 bits per heavy atom. The van der Waals surface area contributed by atoms with E-state index >= 15 is 0 Å². The summed E-state index contributed by atoms with van der Waals surface area (Å²) in [7, 11) is 0. The summed E-state index contributed by atoms with van der Waals surface area (Å²) in [5.41, 5.74) is 2.85. The van der Waals surface area contributed by atoms with Crippen LogP contribution in [0.25, 0.3) is 20.8 Å². The number of carbonyl (C=O) groups is 2. The number of amides is 1. The number of para-hydroxylation sites is 1. The molecule has 0 saturated carbocycles. The van der Waals surface area contributed by atoms with E-state index in [1.54, 1.807) is 24.3 Å². The maximum Gasteiger partial charge on any atom is 0.339 e. The monoisotopic (exact) mass is 526 g/mol. The molecular weight excluding hydrogens is 503 g/mol. The highest BCUT2D eigenvalue weighted by Crippen LogP contribution is 2.32. The van der Waals surface area contributed by atoms with Crippen molar-refractivity contribution in [3.8, 4) is 10.6 Å². The minimum absolute atomic E-state index is 0.0316. The van der Waals surface area contributed by atoms with Crippen molar-refractivity contribution in [1.29, 1.82) is 0 Å². The summed E-state index contributed by atoms with van der Waals surface area (Å²) in [4.78, 5) is 30.0. The van der Waals surface area contributed by atoms with Gasteiger partial charge >= 0.3 is 5.97 Å². The lowest BCUT2D eigenvalue weighted by Gasteiger charge is -2.19. The Bertz CT molecular complexity index is 1320. The average molecular weight is 527 g/mol. The molecule has 3 aromatic carbocycles. The molecule has 0 aliphatic carbocycles. The highest BCUT2D eigenvalue weighted by molar-refractivity contribution is 7.21. The smallest absolute Gasteiger partial charge is 0.339 e. The van der Waals surface area contributed by atoms with Gasteiger partial charge in [0.2, 0.25) is 0 Å². The third kappa shape index (κ3) is 6.20. The van der Waals surface area contributed by atoms with Crippen LogP contribution in [-0.4, -0.2) is 30.0 Å². The molecule has 1 atom stereocenters. The van der Waals surface area contributed by atoms with Crippen molar-refractivity contribution in [2.75, 3.05) is 13.2 Å². The molecule has 1 N–H and O–H groups in total. The van der Waals surface area contributed by atoms with E-state index in [0.29, 0.717) is 27.7 Å². The molecular formula is C27H24Cl2N2O3S. The fourth-order valence-electron chi connectivity index (χ4n) is 3.88. The predicted octanol–water partition coefficient (Wildman–Crippen LogP) is 7.13. The first-order valence-corrected chi connectivity index (χ1v) is 12.9. The van der Waals surface area contributed by atoms with E-state index in [0.717, 1.165) is 33.6 Å². The van der Waals surface area contributed by atoms with E-state index in [1.807, 2.05) is 42.5 Å². The van der Waals surface area contributed by atoms with Gasteiger partial charge in [0.25, 0.3) is 5.91 Å². The van der Waals surface area contributed by atoms with E-state index in [4.69, 9.17) is 27.9 Å². The molecule has 0 aliphatic rings. The number of ether oxygens (including phenoxy) is 1. The number of nitrogens with one attached hydrogen (secondary N) is 1. The van der Waals surface area contributed by atoms with Gasteiger partial charge in [0.1, 0.15) is 5.01 Å². The fraction of sp³-hybridized carbons (Fsp3) is 0.222. The first-order valence-electron chi connectivity index (χ1n) is 11.3. The summed E-state index contributed by atoms with van der Waals surface area (Å²) in [6.45, 7) is 2.08. The molecule has 0 unspecified atom stereocenters. The van der Waals surface area contributed by atoms with Gasteiger partial charge in [-0.05, 0) is 42.3 Å². The van der Waals surface area contributed by atoms with Gasteiger partial charge in [0.05, 0.1) is 15.8 Å². The van der Waals surface area contributed by atoms with Crippen molar-refractivity contribution in [1.82, 2.24) is 10.3 Å². The second kappa shape index (κ2) is 11.7. The molecule has 1 amide bonds. The molecule has 0 saturated heterocycles.